The molecule has 0 aliphatic heterocycles. The summed E-state index contributed by atoms with van der Waals surface area (Å²) in [5, 5.41) is -0.499. The zero-order chi connectivity index (χ0) is 21.1. The van der Waals surface area contributed by atoms with Gasteiger partial charge in [0.05, 0.1) is 0 Å². The van der Waals surface area contributed by atoms with Gasteiger partial charge < -0.3 is 0 Å². The Morgan fingerprint density at radius 2 is 1.43 bits per heavy atom. The van der Waals surface area contributed by atoms with Gasteiger partial charge in [0.1, 0.15) is 16.7 Å². The number of fused-ring (bicyclic) bond motifs is 3. The van der Waals surface area contributed by atoms with Gasteiger partial charge in [0.15, 0.2) is 0 Å². The van der Waals surface area contributed by atoms with E-state index in [1.165, 1.54) is 47.1 Å². The highest BCUT2D eigenvalue weighted by Gasteiger charge is 2.16. The third kappa shape index (κ3) is 4.42. The summed E-state index contributed by atoms with van der Waals surface area (Å²) in [4.78, 5) is 0. The van der Waals surface area contributed by atoms with Crippen molar-refractivity contribution in [2.45, 2.75) is 45.4 Å². The fourth-order valence-corrected chi connectivity index (χ4v) is 4.14. The van der Waals surface area contributed by atoms with Crippen LogP contribution in [0.2, 0.25) is 5.02 Å². The molecule has 0 unspecified atom stereocenters. The average molecular weight is 421 g/mol. The van der Waals surface area contributed by atoms with Crippen molar-refractivity contribution in [3.8, 4) is 23.0 Å². The van der Waals surface area contributed by atoms with Gasteiger partial charge >= 0.3 is 0 Å². The first-order chi connectivity index (χ1) is 14.5. The number of rotatable bonds is 4. The molecule has 0 spiro atoms. The Labute approximate surface area is 181 Å². The van der Waals surface area contributed by atoms with Crippen molar-refractivity contribution in [2.24, 2.45) is 0 Å². The van der Waals surface area contributed by atoms with Crippen LogP contribution in [0.5, 0.6) is 0 Å². The number of aryl methyl sites for hydroxylation is 3. The van der Waals surface area contributed by atoms with Crippen LogP contribution >= 0.6 is 11.6 Å². The highest BCUT2D eigenvalue weighted by molar-refractivity contribution is 6.30. The molecule has 0 atom stereocenters. The summed E-state index contributed by atoms with van der Waals surface area (Å²) in [7, 11) is 0. The molecule has 0 aromatic heterocycles. The summed E-state index contributed by atoms with van der Waals surface area (Å²) in [5.74, 6) is 4.27. The van der Waals surface area contributed by atoms with Gasteiger partial charge in [-0.3, -0.25) is 0 Å². The van der Waals surface area contributed by atoms with Gasteiger partial charge in [-0.15, -0.1) is 0 Å². The van der Waals surface area contributed by atoms with E-state index in [1.807, 2.05) is 6.07 Å². The quantitative estimate of drug-likeness (QED) is 0.232. The lowest BCUT2D eigenvalue weighted by Crippen LogP contribution is -2.05. The van der Waals surface area contributed by atoms with Gasteiger partial charge in [0, 0.05) is 11.1 Å². The standard InChI is InChI=1S/C27H23ClF2/c1-2-3-4-5-18-8-12-23-21(14-18)10-11-22-15-19(9-13-24(22)23)6-7-20-16-25(29)27(28)26(30)17-20/h8-9,12-17H,2-5,10-11H2,1H3. The van der Waals surface area contributed by atoms with Crippen LogP contribution in [-0.4, -0.2) is 0 Å². The Hall–Kier alpha value is -2.63. The topological polar surface area (TPSA) is 0 Å². The van der Waals surface area contributed by atoms with Crippen molar-refractivity contribution in [1.29, 1.82) is 0 Å². The molecule has 0 amide bonds. The second-order valence-electron chi connectivity index (χ2n) is 7.82. The molecule has 0 fully saturated rings. The number of unbranched alkanes of at least 4 members (excludes halogenated alkanes) is 2. The molecule has 30 heavy (non-hydrogen) atoms. The molecule has 3 heteroatoms. The maximum atomic E-state index is 13.6. The lowest BCUT2D eigenvalue weighted by atomic mass is 9.83. The summed E-state index contributed by atoms with van der Waals surface area (Å²) in [6.45, 7) is 2.23. The zero-order valence-corrected chi connectivity index (χ0v) is 17.8. The summed E-state index contributed by atoms with van der Waals surface area (Å²) < 4.78 is 27.2. The first-order valence-corrected chi connectivity index (χ1v) is 10.8. The van der Waals surface area contributed by atoms with E-state index in [2.05, 4.69) is 49.1 Å². The van der Waals surface area contributed by atoms with Crippen molar-refractivity contribution in [3.05, 3.63) is 93.0 Å². The lowest BCUT2D eigenvalue weighted by Gasteiger charge is -2.21. The van der Waals surface area contributed by atoms with E-state index in [1.54, 1.807) is 0 Å². The van der Waals surface area contributed by atoms with Crippen LogP contribution in [0.15, 0.2) is 48.5 Å². The molecular weight excluding hydrogens is 398 g/mol. The summed E-state index contributed by atoms with van der Waals surface area (Å²) in [6.07, 6.45) is 6.91. The normalized spacial score (nSPS) is 12.0. The maximum absolute atomic E-state index is 13.6. The van der Waals surface area contributed by atoms with Crippen molar-refractivity contribution in [2.75, 3.05) is 0 Å². The summed E-state index contributed by atoms with van der Waals surface area (Å²) in [5.41, 5.74) is 7.78. The molecule has 152 valence electrons. The molecule has 0 nitrogen and oxygen atoms in total. The van der Waals surface area contributed by atoms with Gasteiger partial charge in [-0.1, -0.05) is 67.5 Å². The van der Waals surface area contributed by atoms with E-state index < -0.39 is 16.7 Å². The van der Waals surface area contributed by atoms with Crippen molar-refractivity contribution >= 4 is 11.6 Å². The highest BCUT2D eigenvalue weighted by Crippen LogP contribution is 2.34. The fraction of sp³-hybridized carbons (Fsp3) is 0.259. The van der Waals surface area contributed by atoms with E-state index >= 15 is 0 Å². The van der Waals surface area contributed by atoms with Crippen molar-refractivity contribution in [1.82, 2.24) is 0 Å². The van der Waals surface area contributed by atoms with Crippen LogP contribution in [-0.2, 0) is 19.3 Å². The van der Waals surface area contributed by atoms with E-state index in [9.17, 15) is 8.78 Å². The predicted molar refractivity (Wildman–Crippen MR) is 120 cm³/mol. The Kier molecular flexibility index (Phi) is 6.21. The number of hydrogen-bond donors (Lipinski definition) is 0. The SMILES string of the molecule is CCCCCc1ccc2c(c1)CCc1cc(C#Cc3cc(F)c(Cl)c(F)c3)ccc1-2. The third-order valence-electron chi connectivity index (χ3n) is 5.63. The van der Waals surface area contributed by atoms with Gasteiger partial charge in [-0.05, 0) is 77.8 Å². The van der Waals surface area contributed by atoms with Gasteiger partial charge in [-0.2, -0.15) is 0 Å². The molecule has 0 heterocycles. The molecule has 1 aliphatic rings. The number of hydrogen-bond acceptors (Lipinski definition) is 0. The van der Waals surface area contributed by atoms with E-state index in [-0.39, 0.29) is 5.56 Å². The van der Waals surface area contributed by atoms with Crippen LogP contribution in [0.25, 0.3) is 11.1 Å². The lowest BCUT2D eigenvalue weighted by molar-refractivity contribution is 0.583. The molecule has 0 saturated heterocycles. The Bertz CT molecular complexity index is 1130. The second kappa shape index (κ2) is 9.02. The summed E-state index contributed by atoms with van der Waals surface area (Å²) in [6, 6.07) is 15.3. The minimum Gasteiger partial charge on any atom is -0.205 e. The average Bonchev–Trinajstić information content (AvgIpc) is 2.75. The zero-order valence-electron chi connectivity index (χ0n) is 17.0. The molecule has 0 radical (unpaired) electrons. The Balaban J connectivity index is 1.58. The molecule has 0 bridgehead atoms. The van der Waals surface area contributed by atoms with Gasteiger partial charge in [-0.25, -0.2) is 8.78 Å². The number of halogens is 3. The molecule has 3 aromatic rings. The predicted octanol–water partition coefficient (Wildman–Crippen LogP) is 7.52. The number of benzene rings is 3. The Morgan fingerprint density at radius 1 is 0.800 bits per heavy atom. The van der Waals surface area contributed by atoms with E-state index in [0.29, 0.717) is 0 Å². The minimum absolute atomic E-state index is 0.271. The van der Waals surface area contributed by atoms with Crippen LogP contribution in [0, 0.1) is 23.5 Å². The fourth-order valence-electron chi connectivity index (χ4n) is 4.03. The maximum Gasteiger partial charge on any atom is 0.146 e. The molecular formula is C27H23ClF2. The van der Waals surface area contributed by atoms with E-state index in [0.717, 1.165) is 37.0 Å². The largest absolute Gasteiger partial charge is 0.205 e. The van der Waals surface area contributed by atoms with Crippen molar-refractivity contribution < 1.29 is 8.78 Å². The van der Waals surface area contributed by atoms with Crippen LogP contribution in [0.4, 0.5) is 8.78 Å². The minimum atomic E-state index is -0.794. The molecule has 0 saturated carbocycles. The second-order valence-corrected chi connectivity index (χ2v) is 8.20. The van der Waals surface area contributed by atoms with Crippen LogP contribution in [0.1, 0.15) is 54.0 Å². The monoisotopic (exact) mass is 420 g/mol. The van der Waals surface area contributed by atoms with E-state index in [4.69, 9.17) is 11.6 Å². The van der Waals surface area contributed by atoms with Crippen LogP contribution < -0.4 is 0 Å². The molecule has 0 N–H and O–H groups in total. The van der Waals surface area contributed by atoms with Gasteiger partial charge in [0.2, 0.25) is 0 Å². The third-order valence-corrected chi connectivity index (χ3v) is 5.99. The first-order valence-electron chi connectivity index (χ1n) is 10.5. The first kappa shape index (κ1) is 20.6. The molecule has 1 aliphatic carbocycles. The molecule has 4 rings (SSSR count). The Morgan fingerprint density at radius 3 is 2.13 bits per heavy atom. The smallest absolute Gasteiger partial charge is 0.146 e. The highest BCUT2D eigenvalue weighted by atomic mass is 35.5. The van der Waals surface area contributed by atoms with Crippen LogP contribution in [0.3, 0.4) is 0 Å². The van der Waals surface area contributed by atoms with Crippen molar-refractivity contribution in [3.63, 3.8) is 0 Å². The summed E-state index contributed by atoms with van der Waals surface area (Å²) >= 11 is 5.53. The molecule has 3 aromatic carbocycles. The van der Waals surface area contributed by atoms with Gasteiger partial charge in [0.25, 0.3) is 0 Å².